The Morgan fingerprint density at radius 2 is 1.79 bits per heavy atom. The largest absolute Gasteiger partial charge is 0.490 e. The molecule has 0 bridgehead atoms. The summed E-state index contributed by atoms with van der Waals surface area (Å²) in [6, 6.07) is 21.8. The SMILES string of the molecule is CCOc1cc(/C=C2/SC(=O)N(Cc3ccc(F)cc3Cl)C2=O)cc(I)c1OCc1cccc2ccccc12. The summed E-state index contributed by atoms with van der Waals surface area (Å²) in [6.45, 7) is 2.64. The van der Waals surface area contributed by atoms with Gasteiger partial charge in [-0.1, -0.05) is 60.1 Å². The number of thioether (sulfide) groups is 1. The molecule has 1 aliphatic rings. The molecule has 0 spiro atoms. The van der Waals surface area contributed by atoms with Crippen LogP contribution in [0.15, 0.2) is 77.7 Å². The summed E-state index contributed by atoms with van der Waals surface area (Å²) in [4.78, 5) is 27.1. The smallest absolute Gasteiger partial charge is 0.293 e. The Morgan fingerprint density at radius 1 is 1.00 bits per heavy atom. The fourth-order valence-electron chi connectivity index (χ4n) is 4.25. The Labute approximate surface area is 248 Å². The Morgan fingerprint density at radius 3 is 2.59 bits per heavy atom. The number of hydrogen-bond acceptors (Lipinski definition) is 5. The zero-order chi connectivity index (χ0) is 27.5. The molecule has 5 nitrogen and oxygen atoms in total. The first-order valence-corrected chi connectivity index (χ1v) is 14.4. The Kier molecular flexibility index (Phi) is 8.44. The zero-order valence-corrected chi connectivity index (χ0v) is 24.5. The normalized spacial score (nSPS) is 14.5. The Bertz CT molecular complexity index is 1620. The van der Waals surface area contributed by atoms with Crippen molar-refractivity contribution in [3.8, 4) is 11.5 Å². The minimum absolute atomic E-state index is 0.0379. The second kappa shape index (κ2) is 12.0. The van der Waals surface area contributed by atoms with E-state index >= 15 is 0 Å². The molecule has 0 aromatic heterocycles. The first-order valence-electron chi connectivity index (χ1n) is 12.1. The molecular formula is C30H22ClFINO4S. The molecule has 2 amide bonds. The maximum absolute atomic E-state index is 13.4. The van der Waals surface area contributed by atoms with Gasteiger partial charge < -0.3 is 9.47 Å². The lowest BCUT2D eigenvalue weighted by atomic mass is 10.1. The van der Waals surface area contributed by atoms with Gasteiger partial charge in [0, 0.05) is 5.02 Å². The van der Waals surface area contributed by atoms with Gasteiger partial charge in [0.05, 0.1) is 21.6 Å². The van der Waals surface area contributed by atoms with Crippen molar-refractivity contribution in [2.45, 2.75) is 20.1 Å². The standard InChI is InChI=1S/C30H22ClFINO4S/c1-2-37-26-13-18(12-25(33)28(26)38-17-21-8-5-7-19-6-3-4-9-23(19)21)14-27-29(35)34(30(36)39-27)16-20-10-11-22(32)15-24(20)31/h3-15H,2,16-17H2,1H3/b27-14+. The summed E-state index contributed by atoms with van der Waals surface area (Å²) in [5.74, 6) is 0.242. The van der Waals surface area contributed by atoms with Crippen molar-refractivity contribution in [3.05, 3.63) is 109 Å². The quantitative estimate of drug-likeness (QED) is 0.139. The van der Waals surface area contributed by atoms with Gasteiger partial charge in [-0.2, -0.15) is 0 Å². The summed E-state index contributed by atoms with van der Waals surface area (Å²) in [5.41, 5.74) is 2.25. The molecule has 9 heteroatoms. The maximum atomic E-state index is 13.4. The third-order valence-corrected chi connectivity index (χ3v) is 8.16. The molecule has 1 heterocycles. The van der Waals surface area contributed by atoms with E-state index in [1.54, 1.807) is 12.1 Å². The summed E-state index contributed by atoms with van der Waals surface area (Å²) < 4.78 is 26.4. The van der Waals surface area contributed by atoms with Crippen LogP contribution in [0.1, 0.15) is 23.6 Å². The van der Waals surface area contributed by atoms with Crippen LogP contribution < -0.4 is 9.47 Å². The number of imide groups is 1. The first kappa shape index (κ1) is 27.5. The molecule has 1 fully saturated rings. The highest BCUT2D eigenvalue weighted by molar-refractivity contribution is 14.1. The van der Waals surface area contributed by atoms with E-state index in [0.717, 1.165) is 42.6 Å². The third-order valence-electron chi connectivity index (χ3n) is 6.10. The van der Waals surface area contributed by atoms with Crippen molar-refractivity contribution in [2.24, 2.45) is 0 Å². The predicted octanol–water partition coefficient (Wildman–Crippen LogP) is 8.45. The molecule has 0 unspecified atom stereocenters. The number of benzene rings is 4. The van der Waals surface area contributed by atoms with E-state index in [1.807, 2.05) is 37.3 Å². The molecule has 1 aliphatic heterocycles. The van der Waals surface area contributed by atoms with E-state index in [4.69, 9.17) is 21.1 Å². The van der Waals surface area contributed by atoms with Gasteiger partial charge in [-0.15, -0.1) is 0 Å². The topological polar surface area (TPSA) is 55.8 Å². The molecule has 0 radical (unpaired) electrons. The summed E-state index contributed by atoms with van der Waals surface area (Å²) in [7, 11) is 0. The molecule has 198 valence electrons. The van der Waals surface area contributed by atoms with Gasteiger partial charge in [-0.3, -0.25) is 14.5 Å². The van der Waals surface area contributed by atoms with E-state index in [2.05, 4.69) is 40.8 Å². The first-order chi connectivity index (χ1) is 18.8. The van der Waals surface area contributed by atoms with Gasteiger partial charge in [0.25, 0.3) is 11.1 Å². The van der Waals surface area contributed by atoms with Crippen molar-refractivity contribution in [1.82, 2.24) is 4.90 Å². The second-order valence-electron chi connectivity index (χ2n) is 8.69. The molecule has 4 aromatic rings. The molecule has 0 atom stereocenters. The molecule has 0 aliphatic carbocycles. The van der Waals surface area contributed by atoms with Crippen molar-refractivity contribution in [1.29, 1.82) is 0 Å². The number of hydrogen-bond donors (Lipinski definition) is 0. The van der Waals surface area contributed by atoms with Crippen LogP contribution in [0.3, 0.4) is 0 Å². The fraction of sp³-hybridized carbons (Fsp3) is 0.133. The minimum atomic E-state index is -0.484. The number of halogens is 3. The van der Waals surface area contributed by atoms with Crippen molar-refractivity contribution in [3.63, 3.8) is 0 Å². The predicted molar refractivity (Wildman–Crippen MR) is 162 cm³/mol. The van der Waals surface area contributed by atoms with Gasteiger partial charge in [0.15, 0.2) is 11.5 Å². The van der Waals surface area contributed by atoms with Gasteiger partial charge in [0.1, 0.15) is 12.4 Å². The molecule has 4 aromatic carbocycles. The van der Waals surface area contributed by atoms with Crippen LogP contribution in [-0.4, -0.2) is 22.7 Å². The zero-order valence-electron chi connectivity index (χ0n) is 20.7. The summed E-state index contributed by atoms with van der Waals surface area (Å²) >= 11 is 9.14. The van der Waals surface area contributed by atoms with Crippen molar-refractivity contribution >= 4 is 73.9 Å². The average Bonchev–Trinajstić information content (AvgIpc) is 3.17. The van der Waals surface area contributed by atoms with E-state index in [9.17, 15) is 14.0 Å². The van der Waals surface area contributed by atoms with Crippen LogP contribution in [-0.2, 0) is 17.9 Å². The lowest BCUT2D eigenvalue weighted by Crippen LogP contribution is -2.27. The highest BCUT2D eigenvalue weighted by Crippen LogP contribution is 2.39. The van der Waals surface area contributed by atoms with Gasteiger partial charge in [0.2, 0.25) is 0 Å². The van der Waals surface area contributed by atoms with Gasteiger partial charge in [-0.05, 0) is 99.1 Å². The van der Waals surface area contributed by atoms with Gasteiger partial charge in [-0.25, -0.2) is 4.39 Å². The number of carbonyl (C=O) groups excluding carboxylic acids is 2. The lowest BCUT2D eigenvalue weighted by Gasteiger charge is -2.16. The van der Waals surface area contributed by atoms with E-state index < -0.39 is 17.0 Å². The van der Waals surface area contributed by atoms with Crippen LogP contribution in [0.4, 0.5) is 9.18 Å². The van der Waals surface area contributed by atoms with Crippen LogP contribution in [0.5, 0.6) is 11.5 Å². The molecule has 0 saturated carbocycles. The highest BCUT2D eigenvalue weighted by atomic mass is 127. The number of fused-ring (bicyclic) bond motifs is 1. The molecule has 1 saturated heterocycles. The number of rotatable bonds is 8. The molecular weight excluding hydrogens is 652 g/mol. The number of amides is 2. The van der Waals surface area contributed by atoms with E-state index in [-0.39, 0.29) is 16.5 Å². The van der Waals surface area contributed by atoms with Crippen LogP contribution in [0.2, 0.25) is 5.02 Å². The number of carbonyl (C=O) groups is 2. The maximum Gasteiger partial charge on any atom is 0.293 e. The minimum Gasteiger partial charge on any atom is -0.490 e. The Balaban J connectivity index is 1.38. The summed E-state index contributed by atoms with van der Waals surface area (Å²) in [5, 5.41) is 2.01. The fourth-order valence-corrected chi connectivity index (χ4v) is 6.10. The second-order valence-corrected chi connectivity index (χ2v) is 11.3. The molecule has 0 N–H and O–H groups in total. The lowest BCUT2D eigenvalue weighted by molar-refractivity contribution is -0.123. The van der Waals surface area contributed by atoms with Crippen LogP contribution in [0.25, 0.3) is 16.8 Å². The van der Waals surface area contributed by atoms with Crippen LogP contribution >= 0.6 is 46.0 Å². The average molecular weight is 674 g/mol. The van der Waals surface area contributed by atoms with E-state index in [0.29, 0.717) is 35.8 Å². The molecule has 5 rings (SSSR count). The van der Waals surface area contributed by atoms with Gasteiger partial charge >= 0.3 is 0 Å². The monoisotopic (exact) mass is 673 g/mol. The van der Waals surface area contributed by atoms with Crippen LogP contribution in [0, 0.1) is 9.39 Å². The Hall–Kier alpha value is -3.08. The van der Waals surface area contributed by atoms with Crippen molar-refractivity contribution < 1.29 is 23.5 Å². The van der Waals surface area contributed by atoms with Crippen molar-refractivity contribution in [2.75, 3.05) is 6.61 Å². The van der Waals surface area contributed by atoms with E-state index in [1.165, 1.54) is 12.1 Å². The molecule has 39 heavy (non-hydrogen) atoms. The summed E-state index contributed by atoms with van der Waals surface area (Å²) in [6.07, 6.45) is 1.66. The number of nitrogens with zero attached hydrogens (tertiary/aromatic N) is 1. The highest BCUT2D eigenvalue weighted by Gasteiger charge is 2.35. The number of ether oxygens (including phenoxy) is 2. The third kappa shape index (κ3) is 6.08.